The molecule has 1 aromatic heterocycles. The van der Waals surface area contributed by atoms with Crippen LogP contribution < -0.4 is 4.57 Å². The second-order valence-corrected chi connectivity index (χ2v) is 9.16. The van der Waals surface area contributed by atoms with E-state index in [2.05, 4.69) is 24.0 Å². The zero-order valence-electron chi connectivity index (χ0n) is 16.0. The fraction of sp³-hybridized carbons (Fsp3) is 0.158. The highest BCUT2D eigenvalue weighted by molar-refractivity contribution is 7.95. The van der Waals surface area contributed by atoms with Gasteiger partial charge in [0.25, 0.3) is 0 Å². The third-order valence-electron chi connectivity index (χ3n) is 4.53. The molecule has 1 aromatic carbocycles. The van der Waals surface area contributed by atoms with Gasteiger partial charge in [-0.2, -0.15) is 16.8 Å². The van der Waals surface area contributed by atoms with Gasteiger partial charge in [-0.3, -0.25) is 5.41 Å². The lowest BCUT2D eigenvalue weighted by atomic mass is 9.95. The van der Waals surface area contributed by atoms with Crippen molar-refractivity contribution >= 4 is 37.8 Å². The molecule has 0 atom stereocenters. The molecule has 0 amide bonds. The molecule has 1 heterocycles. The normalized spacial score (nSPS) is 15.7. The Morgan fingerprint density at radius 1 is 1.03 bits per heavy atom. The molecule has 0 aliphatic heterocycles. The molecular formula is C19H18F2N3O4S2+. The van der Waals surface area contributed by atoms with Gasteiger partial charge in [0.1, 0.15) is 22.2 Å². The van der Waals surface area contributed by atoms with E-state index in [1.165, 1.54) is 6.08 Å². The molecule has 158 valence electrons. The van der Waals surface area contributed by atoms with Gasteiger partial charge in [-0.05, 0) is 35.8 Å². The van der Waals surface area contributed by atoms with Crippen LogP contribution in [-0.2, 0) is 34.0 Å². The summed E-state index contributed by atoms with van der Waals surface area (Å²) in [5.74, 6) is 0. The Balaban J connectivity index is 0.000000269. The summed E-state index contributed by atoms with van der Waals surface area (Å²) in [4.78, 5) is -2.83. The molecule has 0 fully saturated rings. The summed E-state index contributed by atoms with van der Waals surface area (Å²) in [7, 11) is -9.08. The van der Waals surface area contributed by atoms with Gasteiger partial charge in [-0.15, -0.1) is 7.77 Å². The Hall–Kier alpha value is -2.92. The number of hydrogen-bond donors (Lipinski definition) is 1. The summed E-state index contributed by atoms with van der Waals surface area (Å²) < 4.78 is 75.6. The molecule has 11 heteroatoms. The lowest BCUT2D eigenvalue weighted by molar-refractivity contribution is -0.671. The molecule has 2 aliphatic carbocycles. The Bertz CT molecular complexity index is 1350. The summed E-state index contributed by atoms with van der Waals surface area (Å²) in [6.07, 6.45) is 8.32. The van der Waals surface area contributed by atoms with Crippen LogP contribution >= 0.6 is 0 Å². The number of rotatable bonds is 3. The van der Waals surface area contributed by atoms with Crippen molar-refractivity contribution in [2.75, 3.05) is 0 Å². The minimum absolute atomic E-state index is 0.0322. The summed E-state index contributed by atoms with van der Waals surface area (Å²) in [6.45, 7) is 3.18. The predicted molar refractivity (Wildman–Crippen MR) is 108 cm³/mol. The first kappa shape index (κ1) is 21.8. The van der Waals surface area contributed by atoms with Gasteiger partial charge < -0.3 is 0 Å². The monoisotopic (exact) mass is 454 g/mol. The van der Waals surface area contributed by atoms with Gasteiger partial charge >= 0.3 is 20.4 Å². The van der Waals surface area contributed by atoms with Crippen molar-refractivity contribution in [3.63, 3.8) is 0 Å². The number of aromatic nitrogens is 2. The van der Waals surface area contributed by atoms with E-state index in [1.807, 2.05) is 17.8 Å². The lowest BCUT2D eigenvalue weighted by Gasteiger charge is -2.17. The van der Waals surface area contributed by atoms with Gasteiger partial charge in [-0.1, -0.05) is 24.3 Å². The number of aryl methyl sites for hydroxylation is 2. The van der Waals surface area contributed by atoms with Crippen molar-refractivity contribution in [2.45, 2.75) is 13.5 Å². The van der Waals surface area contributed by atoms with Crippen molar-refractivity contribution in [2.24, 2.45) is 7.05 Å². The second kappa shape index (κ2) is 7.73. The molecule has 0 bridgehead atoms. The highest BCUT2D eigenvalue weighted by Crippen LogP contribution is 2.43. The van der Waals surface area contributed by atoms with Crippen LogP contribution in [0.3, 0.4) is 0 Å². The highest BCUT2D eigenvalue weighted by atomic mass is 32.3. The fourth-order valence-corrected chi connectivity index (χ4v) is 5.00. The number of benzene rings is 1. The summed E-state index contributed by atoms with van der Waals surface area (Å²) in [6, 6.07) is 6.59. The molecule has 4 rings (SSSR count). The van der Waals surface area contributed by atoms with Gasteiger partial charge in [0, 0.05) is 5.57 Å². The lowest BCUT2D eigenvalue weighted by Crippen LogP contribution is -2.23. The Labute approximate surface area is 173 Å². The van der Waals surface area contributed by atoms with Crippen LogP contribution in [-0.4, -0.2) is 27.1 Å². The standard InChI is InChI=1S/C13H7F2NO4S2.C6H11N2/c14-21(17,18)11-6-9-8-4-2-1-3-7(8)5-10(9)12(16)13(11)22(15,19)20;1-3-8-5-4-7(2)6-8/h1-6,16H;4-6H,3H2,1-2H3/q;+1. The van der Waals surface area contributed by atoms with Crippen molar-refractivity contribution in [3.8, 4) is 0 Å². The number of allylic oxidation sites excluding steroid dienone is 4. The minimum atomic E-state index is -5.58. The van der Waals surface area contributed by atoms with E-state index in [-0.39, 0.29) is 11.1 Å². The van der Waals surface area contributed by atoms with Crippen molar-refractivity contribution in [3.05, 3.63) is 75.6 Å². The Morgan fingerprint density at radius 2 is 1.70 bits per heavy atom. The van der Waals surface area contributed by atoms with Crippen LogP contribution in [0, 0.1) is 5.41 Å². The van der Waals surface area contributed by atoms with Gasteiger partial charge in [0.2, 0.25) is 6.33 Å². The Kier molecular flexibility index (Phi) is 5.61. The van der Waals surface area contributed by atoms with Crippen LogP contribution in [0.25, 0.3) is 11.6 Å². The maximum Gasteiger partial charge on any atom is 0.335 e. The molecule has 0 spiro atoms. The smallest absolute Gasteiger partial charge is 0.299 e. The quantitative estimate of drug-likeness (QED) is 0.569. The summed E-state index contributed by atoms with van der Waals surface area (Å²) in [5.41, 5.74) is 0.432. The van der Waals surface area contributed by atoms with Gasteiger partial charge in [0.05, 0.1) is 19.3 Å². The van der Waals surface area contributed by atoms with E-state index in [0.717, 1.165) is 12.6 Å². The maximum absolute atomic E-state index is 13.4. The van der Waals surface area contributed by atoms with E-state index < -0.39 is 36.0 Å². The number of halogens is 2. The fourth-order valence-electron chi connectivity index (χ4n) is 3.16. The largest absolute Gasteiger partial charge is 0.335 e. The average molecular weight is 455 g/mol. The van der Waals surface area contributed by atoms with Crippen LogP contribution in [0.1, 0.15) is 18.1 Å². The molecule has 0 saturated heterocycles. The molecule has 0 saturated carbocycles. The number of imidazole rings is 1. The molecule has 7 nitrogen and oxygen atoms in total. The zero-order chi connectivity index (χ0) is 22.3. The molecule has 30 heavy (non-hydrogen) atoms. The first-order chi connectivity index (χ1) is 13.9. The van der Waals surface area contributed by atoms with E-state index in [1.54, 1.807) is 24.3 Å². The zero-order valence-corrected chi connectivity index (χ0v) is 17.6. The van der Waals surface area contributed by atoms with Crippen LogP contribution in [0.2, 0.25) is 0 Å². The van der Waals surface area contributed by atoms with Crippen molar-refractivity contribution in [1.29, 1.82) is 5.41 Å². The first-order valence-corrected chi connectivity index (χ1v) is 11.5. The second-order valence-electron chi connectivity index (χ2n) is 6.56. The molecule has 2 aromatic rings. The van der Waals surface area contributed by atoms with Gasteiger partial charge in [-0.25, -0.2) is 9.13 Å². The van der Waals surface area contributed by atoms with Crippen LogP contribution in [0.15, 0.2) is 64.4 Å². The molecule has 1 N–H and O–H groups in total. The topological polar surface area (TPSA) is 101 Å². The minimum Gasteiger partial charge on any atom is -0.299 e. The van der Waals surface area contributed by atoms with E-state index in [4.69, 9.17) is 5.41 Å². The molecule has 0 unspecified atom stereocenters. The number of hydrogen-bond acceptors (Lipinski definition) is 5. The average Bonchev–Trinajstić information content (AvgIpc) is 3.24. The maximum atomic E-state index is 13.4. The molecule has 2 aliphatic rings. The van der Waals surface area contributed by atoms with Gasteiger partial charge in [0.15, 0.2) is 0 Å². The summed E-state index contributed by atoms with van der Waals surface area (Å²) >= 11 is 0. The number of nitrogens with zero attached hydrogens (tertiary/aromatic N) is 2. The van der Waals surface area contributed by atoms with Crippen LogP contribution in [0.5, 0.6) is 0 Å². The third kappa shape index (κ3) is 4.17. The first-order valence-electron chi connectivity index (χ1n) is 8.70. The SMILES string of the molecule is CCn1cc[n+](C)c1.N=C1C2=Cc3ccccc3C2=CC(S(=O)(=O)F)=C1S(=O)(=O)F. The predicted octanol–water partition coefficient (Wildman–Crippen LogP) is 2.64. The van der Waals surface area contributed by atoms with E-state index in [0.29, 0.717) is 11.1 Å². The summed E-state index contributed by atoms with van der Waals surface area (Å²) in [5, 5.41) is 7.80. The molecular weight excluding hydrogens is 436 g/mol. The highest BCUT2D eigenvalue weighted by Gasteiger charge is 2.39. The third-order valence-corrected chi connectivity index (χ3v) is 6.42. The number of fused-ring (bicyclic) bond motifs is 3. The van der Waals surface area contributed by atoms with E-state index in [9.17, 15) is 24.6 Å². The number of nitrogens with one attached hydrogen (secondary N) is 1. The van der Waals surface area contributed by atoms with Crippen LogP contribution in [0.4, 0.5) is 7.77 Å². The van der Waals surface area contributed by atoms with Crippen molar-refractivity contribution in [1.82, 2.24) is 4.57 Å². The van der Waals surface area contributed by atoms with Crippen molar-refractivity contribution < 1.29 is 29.2 Å². The van der Waals surface area contributed by atoms with E-state index >= 15 is 0 Å². The molecule has 0 radical (unpaired) electrons. The Morgan fingerprint density at radius 3 is 2.20 bits per heavy atom.